The van der Waals surface area contributed by atoms with Gasteiger partial charge in [0, 0.05) is 13.0 Å². The first kappa shape index (κ1) is 18.8. The molecule has 0 aromatic carbocycles. The van der Waals surface area contributed by atoms with Crippen LogP contribution < -0.4 is 22.1 Å². The van der Waals surface area contributed by atoms with Crippen molar-refractivity contribution in [2.45, 2.75) is 44.4 Å². The molecule has 0 aromatic rings. The molecule has 1 saturated heterocycles. The molecule has 6 N–H and O–H groups in total. The van der Waals surface area contributed by atoms with Crippen LogP contribution in [0.25, 0.3) is 0 Å². The number of ether oxygens (including phenoxy) is 2. The summed E-state index contributed by atoms with van der Waals surface area (Å²) >= 11 is 0. The smallest absolute Gasteiger partial charge is 0.318 e. The molecule has 1 fully saturated rings. The molecule has 1 rings (SSSR count). The van der Waals surface area contributed by atoms with Crippen molar-refractivity contribution < 1.29 is 19.1 Å². The molecule has 8 nitrogen and oxygen atoms in total. The van der Waals surface area contributed by atoms with Crippen LogP contribution in [0.3, 0.4) is 0 Å². The van der Waals surface area contributed by atoms with E-state index in [1.165, 1.54) is 0 Å². The van der Waals surface area contributed by atoms with Gasteiger partial charge in [0.2, 0.25) is 0 Å². The Morgan fingerprint density at radius 2 is 1.45 bits per heavy atom. The van der Waals surface area contributed by atoms with Crippen molar-refractivity contribution in [2.75, 3.05) is 32.7 Å². The average Bonchev–Trinajstić information content (AvgIpc) is 2.62. The lowest BCUT2D eigenvalue weighted by atomic mass is 10.2. The maximum absolute atomic E-state index is 11.7. The number of rotatable bonds is 11. The minimum Gasteiger partial charge on any atom is -0.408 e. The number of carbonyl (C=O) groups is 2. The summed E-state index contributed by atoms with van der Waals surface area (Å²) in [4.78, 5) is 23.4. The fraction of sp³-hybridized carbons (Fsp3) is 0.857. The van der Waals surface area contributed by atoms with E-state index in [2.05, 4.69) is 10.6 Å². The van der Waals surface area contributed by atoms with Crippen molar-refractivity contribution in [3.8, 4) is 0 Å². The molecule has 22 heavy (non-hydrogen) atoms. The molecule has 128 valence electrons. The SMILES string of the molecule is NCCCNCCCC1(NCCCN)OC(=O)CCC(=O)O1. The highest BCUT2D eigenvalue weighted by Crippen LogP contribution is 2.22. The topological polar surface area (TPSA) is 129 Å². The predicted molar refractivity (Wildman–Crippen MR) is 81.6 cm³/mol. The van der Waals surface area contributed by atoms with Gasteiger partial charge in [-0.1, -0.05) is 0 Å². The van der Waals surface area contributed by atoms with Crippen LogP contribution in [0.1, 0.15) is 38.5 Å². The predicted octanol–water partition coefficient (Wildman–Crippen LogP) is -0.823. The van der Waals surface area contributed by atoms with Crippen molar-refractivity contribution in [1.29, 1.82) is 0 Å². The van der Waals surface area contributed by atoms with Gasteiger partial charge in [0.15, 0.2) is 0 Å². The molecule has 1 aliphatic rings. The van der Waals surface area contributed by atoms with Crippen LogP contribution in [0.5, 0.6) is 0 Å². The summed E-state index contributed by atoms with van der Waals surface area (Å²) in [5, 5.41) is 6.26. The molecule has 1 aliphatic heterocycles. The Balaban J connectivity index is 2.52. The van der Waals surface area contributed by atoms with Gasteiger partial charge in [-0.25, -0.2) is 5.32 Å². The van der Waals surface area contributed by atoms with Crippen molar-refractivity contribution in [1.82, 2.24) is 10.6 Å². The normalized spacial score (nSPS) is 17.7. The maximum Gasteiger partial charge on any atom is 0.318 e. The van der Waals surface area contributed by atoms with E-state index in [-0.39, 0.29) is 12.8 Å². The summed E-state index contributed by atoms with van der Waals surface area (Å²) in [7, 11) is 0. The van der Waals surface area contributed by atoms with Gasteiger partial charge < -0.3 is 26.3 Å². The van der Waals surface area contributed by atoms with Crippen LogP contribution in [-0.4, -0.2) is 50.6 Å². The third-order valence-electron chi connectivity index (χ3n) is 3.28. The third kappa shape index (κ3) is 7.17. The summed E-state index contributed by atoms with van der Waals surface area (Å²) in [6.07, 6.45) is 2.79. The van der Waals surface area contributed by atoms with Gasteiger partial charge in [-0.3, -0.25) is 9.59 Å². The first-order valence-corrected chi connectivity index (χ1v) is 7.91. The minimum absolute atomic E-state index is 0.0495. The van der Waals surface area contributed by atoms with E-state index in [0.29, 0.717) is 38.9 Å². The van der Waals surface area contributed by atoms with Crippen LogP contribution in [0, 0.1) is 0 Å². The zero-order valence-electron chi connectivity index (χ0n) is 13.1. The maximum atomic E-state index is 11.7. The van der Waals surface area contributed by atoms with Gasteiger partial charge >= 0.3 is 17.8 Å². The zero-order chi connectivity index (χ0) is 16.3. The summed E-state index contributed by atoms with van der Waals surface area (Å²) in [5.41, 5.74) is 10.9. The van der Waals surface area contributed by atoms with Crippen molar-refractivity contribution in [3.05, 3.63) is 0 Å². The van der Waals surface area contributed by atoms with Crippen LogP contribution >= 0.6 is 0 Å². The van der Waals surface area contributed by atoms with E-state index in [0.717, 1.165) is 19.5 Å². The highest BCUT2D eigenvalue weighted by Gasteiger charge is 2.40. The lowest BCUT2D eigenvalue weighted by molar-refractivity contribution is -0.237. The van der Waals surface area contributed by atoms with E-state index in [1.807, 2.05) is 0 Å². The van der Waals surface area contributed by atoms with Crippen molar-refractivity contribution in [3.63, 3.8) is 0 Å². The number of hydrogen-bond donors (Lipinski definition) is 4. The van der Waals surface area contributed by atoms with Gasteiger partial charge in [-0.05, 0) is 45.4 Å². The molecule has 0 bridgehead atoms. The largest absolute Gasteiger partial charge is 0.408 e. The molecular weight excluding hydrogens is 288 g/mol. The number of nitrogens with two attached hydrogens (primary N) is 2. The Labute approximate surface area is 131 Å². The molecule has 0 amide bonds. The number of esters is 2. The van der Waals surface area contributed by atoms with Gasteiger partial charge in [0.25, 0.3) is 0 Å². The second-order valence-corrected chi connectivity index (χ2v) is 5.27. The van der Waals surface area contributed by atoms with E-state index >= 15 is 0 Å². The van der Waals surface area contributed by atoms with Gasteiger partial charge in [-0.15, -0.1) is 0 Å². The summed E-state index contributed by atoms with van der Waals surface area (Å²) in [6, 6.07) is 0. The fourth-order valence-corrected chi connectivity index (χ4v) is 2.14. The molecule has 0 aromatic heterocycles. The van der Waals surface area contributed by atoms with E-state index < -0.39 is 17.8 Å². The third-order valence-corrected chi connectivity index (χ3v) is 3.28. The summed E-state index contributed by atoms with van der Waals surface area (Å²) in [6.45, 7) is 3.23. The number of carbonyl (C=O) groups excluding carboxylic acids is 2. The van der Waals surface area contributed by atoms with Crippen LogP contribution in [0.4, 0.5) is 0 Å². The first-order valence-electron chi connectivity index (χ1n) is 7.91. The van der Waals surface area contributed by atoms with Crippen molar-refractivity contribution >= 4 is 11.9 Å². The molecule has 1 heterocycles. The highest BCUT2D eigenvalue weighted by molar-refractivity contribution is 5.79. The zero-order valence-corrected chi connectivity index (χ0v) is 13.1. The monoisotopic (exact) mass is 316 g/mol. The minimum atomic E-state index is -1.37. The first-order chi connectivity index (χ1) is 10.6. The number of nitrogens with one attached hydrogen (secondary N) is 2. The standard InChI is InChI=1S/C14H28N4O4/c15-7-2-10-17-9-1-6-14(18-11-3-8-16)21-12(19)4-5-13(20)22-14/h17-18H,1-11,15-16H2. The van der Waals surface area contributed by atoms with Crippen LogP contribution in [0.15, 0.2) is 0 Å². The Kier molecular flexibility index (Phi) is 8.98. The average molecular weight is 316 g/mol. The Morgan fingerprint density at radius 1 is 0.909 bits per heavy atom. The van der Waals surface area contributed by atoms with E-state index in [1.54, 1.807) is 0 Å². The summed E-state index contributed by atoms with van der Waals surface area (Å²) < 4.78 is 10.7. The molecular formula is C14H28N4O4. The molecule has 0 spiro atoms. The fourth-order valence-electron chi connectivity index (χ4n) is 2.14. The molecule has 0 unspecified atom stereocenters. The van der Waals surface area contributed by atoms with Gasteiger partial charge in [-0.2, -0.15) is 0 Å². The lowest BCUT2D eigenvalue weighted by Gasteiger charge is -2.32. The highest BCUT2D eigenvalue weighted by atomic mass is 16.8. The second kappa shape index (κ2) is 10.5. The molecule has 8 heteroatoms. The number of hydrogen-bond acceptors (Lipinski definition) is 8. The molecule has 0 saturated carbocycles. The molecule has 0 radical (unpaired) electrons. The van der Waals surface area contributed by atoms with Crippen LogP contribution in [-0.2, 0) is 19.1 Å². The Morgan fingerprint density at radius 3 is 2.05 bits per heavy atom. The van der Waals surface area contributed by atoms with E-state index in [4.69, 9.17) is 20.9 Å². The lowest BCUT2D eigenvalue weighted by Crippen LogP contribution is -2.52. The Bertz CT molecular complexity index is 334. The van der Waals surface area contributed by atoms with Gasteiger partial charge in [0.1, 0.15) is 0 Å². The molecule has 0 atom stereocenters. The van der Waals surface area contributed by atoms with Crippen molar-refractivity contribution in [2.24, 2.45) is 11.5 Å². The van der Waals surface area contributed by atoms with E-state index in [9.17, 15) is 9.59 Å². The second-order valence-electron chi connectivity index (χ2n) is 5.27. The van der Waals surface area contributed by atoms with Gasteiger partial charge in [0.05, 0.1) is 12.8 Å². The Hall–Kier alpha value is -1.22. The quantitative estimate of drug-likeness (QED) is 0.287. The molecule has 0 aliphatic carbocycles. The van der Waals surface area contributed by atoms with Crippen LogP contribution in [0.2, 0.25) is 0 Å². The number of cyclic esters (lactones) is 2. The summed E-state index contributed by atoms with van der Waals surface area (Å²) in [5.74, 6) is -2.22.